The molecule has 15 heavy (non-hydrogen) atoms. The van der Waals surface area contributed by atoms with Crippen molar-refractivity contribution in [3.63, 3.8) is 0 Å². The highest BCUT2D eigenvalue weighted by molar-refractivity contribution is 5.63. The summed E-state index contributed by atoms with van der Waals surface area (Å²) in [7, 11) is 0. The smallest absolute Gasteiger partial charge is 0.218 e. The van der Waals surface area contributed by atoms with E-state index in [0.29, 0.717) is 0 Å². The maximum Gasteiger partial charge on any atom is 0.327 e. The van der Waals surface area contributed by atoms with Gasteiger partial charge in [-0.3, -0.25) is 0 Å². The molecule has 0 atom stereocenters. The van der Waals surface area contributed by atoms with E-state index < -0.39 is 0 Å². The first-order valence-corrected chi connectivity index (χ1v) is 5.13. The van der Waals surface area contributed by atoms with Gasteiger partial charge in [0, 0.05) is 12.1 Å². The van der Waals surface area contributed by atoms with Gasteiger partial charge in [-0.15, -0.1) is 0 Å². The zero-order valence-electron chi connectivity index (χ0n) is 9.37. The average Bonchev–Trinajstić information content (AvgIpc) is 2.17. The van der Waals surface area contributed by atoms with Crippen LogP contribution in [0.15, 0.2) is 40.8 Å². The lowest BCUT2D eigenvalue weighted by atomic mass is 10.0. The lowest BCUT2D eigenvalue weighted by Gasteiger charge is -2.00. The third-order valence-electron chi connectivity index (χ3n) is 2.42. The lowest BCUT2D eigenvalue weighted by Crippen LogP contribution is -1.82. The minimum absolute atomic E-state index is 0.950. The van der Waals surface area contributed by atoms with E-state index >= 15 is 0 Å². The Bertz CT molecular complexity index is 449. The summed E-state index contributed by atoms with van der Waals surface area (Å²) in [4.78, 5) is 0. The van der Waals surface area contributed by atoms with Crippen molar-refractivity contribution in [1.82, 2.24) is 0 Å². The molecule has 0 fully saturated rings. The second-order valence-electron chi connectivity index (χ2n) is 3.93. The SMILES string of the molecule is Cc1ccc(-c2cc(C)[o+]c(C)c2)cc1. The minimum Gasteiger partial charge on any atom is -0.218 e. The molecule has 2 rings (SSSR count). The van der Waals surface area contributed by atoms with Gasteiger partial charge in [0.1, 0.15) is 0 Å². The predicted molar refractivity (Wildman–Crippen MR) is 62.8 cm³/mol. The molecule has 0 radical (unpaired) electrons. The fraction of sp³-hybridized carbons (Fsp3) is 0.214. The summed E-state index contributed by atoms with van der Waals surface area (Å²) < 4.78 is 5.46. The maximum atomic E-state index is 5.46. The summed E-state index contributed by atoms with van der Waals surface area (Å²) in [6, 6.07) is 12.7. The molecule has 1 heteroatoms. The number of benzene rings is 1. The minimum atomic E-state index is 0.950. The first-order chi connectivity index (χ1) is 7.15. The summed E-state index contributed by atoms with van der Waals surface area (Å²) in [6.45, 7) is 6.05. The van der Waals surface area contributed by atoms with Crippen LogP contribution >= 0.6 is 0 Å². The quantitative estimate of drug-likeness (QED) is 0.628. The monoisotopic (exact) mass is 199 g/mol. The van der Waals surface area contributed by atoms with Crippen molar-refractivity contribution < 1.29 is 4.42 Å². The number of hydrogen-bond acceptors (Lipinski definition) is 0. The van der Waals surface area contributed by atoms with Gasteiger partial charge < -0.3 is 0 Å². The van der Waals surface area contributed by atoms with Crippen molar-refractivity contribution in [2.45, 2.75) is 20.8 Å². The molecule has 1 heterocycles. The van der Waals surface area contributed by atoms with Crippen molar-refractivity contribution in [2.75, 3.05) is 0 Å². The van der Waals surface area contributed by atoms with E-state index in [1.54, 1.807) is 0 Å². The van der Waals surface area contributed by atoms with E-state index in [-0.39, 0.29) is 0 Å². The van der Waals surface area contributed by atoms with Crippen LogP contribution in [0.1, 0.15) is 17.1 Å². The van der Waals surface area contributed by atoms with Gasteiger partial charge in [0.2, 0.25) is 0 Å². The molecule has 0 aliphatic rings. The molecule has 1 nitrogen and oxygen atoms in total. The molecule has 0 aliphatic heterocycles. The van der Waals surface area contributed by atoms with Crippen molar-refractivity contribution in [2.24, 2.45) is 0 Å². The maximum absolute atomic E-state index is 5.46. The van der Waals surface area contributed by atoms with Crippen LogP contribution in [0.25, 0.3) is 11.1 Å². The molecule has 0 bridgehead atoms. The van der Waals surface area contributed by atoms with Gasteiger partial charge in [-0.25, -0.2) is 4.42 Å². The van der Waals surface area contributed by atoms with E-state index in [1.807, 2.05) is 13.8 Å². The molecule has 0 unspecified atom stereocenters. The zero-order chi connectivity index (χ0) is 10.8. The van der Waals surface area contributed by atoms with Gasteiger partial charge >= 0.3 is 11.5 Å². The molecule has 0 N–H and O–H groups in total. The number of hydrogen-bond donors (Lipinski definition) is 0. The summed E-state index contributed by atoms with van der Waals surface area (Å²) in [5.41, 5.74) is 3.74. The Kier molecular flexibility index (Phi) is 2.55. The highest BCUT2D eigenvalue weighted by atomic mass is 16.3. The van der Waals surface area contributed by atoms with Crippen LogP contribution in [-0.2, 0) is 0 Å². The molecule has 2 aromatic rings. The van der Waals surface area contributed by atoms with E-state index in [2.05, 4.69) is 43.3 Å². The number of aryl methyl sites for hydroxylation is 3. The molecule has 0 aliphatic carbocycles. The van der Waals surface area contributed by atoms with Crippen molar-refractivity contribution in [3.05, 3.63) is 53.5 Å². The molecule has 0 saturated heterocycles. The summed E-state index contributed by atoms with van der Waals surface area (Å²) in [6.07, 6.45) is 0. The standard InChI is InChI=1S/C14H15O/c1-10-4-6-13(7-5-10)14-8-11(2)15-12(3)9-14/h4-9H,1-3H3/q+1. The van der Waals surface area contributed by atoms with Crippen LogP contribution in [-0.4, -0.2) is 0 Å². The van der Waals surface area contributed by atoms with Crippen LogP contribution < -0.4 is 0 Å². The molecule has 0 spiro atoms. The Morgan fingerprint density at radius 1 is 0.733 bits per heavy atom. The molecular weight excluding hydrogens is 184 g/mol. The van der Waals surface area contributed by atoms with Crippen molar-refractivity contribution in [3.8, 4) is 11.1 Å². The van der Waals surface area contributed by atoms with E-state index in [1.165, 1.54) is 16.7 Å². The van der Waals surface area contributed by atoms with Gasteiger partial charge in [-0.05, 0) is 18.1 Å². The number of rotatable bonds is 1. The zero-order valence-corrected chi connectivity index (χ0v) is 9.37. The summed E-state index contributed by atoms with van der Waals surface area (Å²) >= 11 is 0. The topological polar surface area (TPSA) is 11.3 Å². The predicted octanol–water partition coefficient (Wildman–Crippen LogP) is 4.15. The molecule has 0 saturated carbocycles. The van der Waals surface area contributed by atoms with Gasteiger partial charge in [0.05, 0.1) is 13.8 Å². The Morgan fingerprint density at radius 2 is 1.27 bits per heavy atom. The van der Waals surface area contributed by atoms with E-state index in [9.17, 15) is 0 Å². The molecule has 1 aromatic carbocycles. The van der Waals surface area contributed by atoms with Crippen LogP contribution in [0.5, 0.6) is 0 Å². The fourth-order valence-corrected chi connectivity index (χ4v) is 1.71. The molecule has 1 aromatic heterocycles. The Morgan fingerprint density at radius 3 is 1.80 bits per heavy atom. The van der Waals surface area contributed by atoms with E-state index in [4.69, 9.17) is 4.42 Å². The molecular formula is C14H15O+. The highest BCUT2D eigenvalue weighted by Crippen LogP contribution is 2.22. The van der Waals surface area contributed by atoms with Crippen LogP contribution in [0, 0.1) is 20.8 Å². The lowest BCUT2D eigenvalue weighted by molar-refractivity contribution is 0.487. The summed E-state index contributed by atoms with van der Waals surface area (Å²) in [5.74, 6) is 1.90. The third kappa shape index (κ3) is 2.24. The van der Waals surface area contributed by atoms with Crippen LogP contribution in [0.3, 0.4) is 0 Å². The van der Waals surface area contributed by atoms with Crippen LogP contribution in [0.2, 0.25) is 0 Å². The Labute approximate surface area is 90.4 Å². The van der Waals surface area contributed by atoms with Gasteiger partial charge in [-0.1, -0.05) is 29.8 Å². The van der Waals surface area contributed by atoms with Crippen LogP contribution in [0.4, 0.5) is 0 Å². The average molecular weight is 199 g/mol. The van der Waals surface area contributed by atoms with Crippen molar-refractivity contribution >= 4 is 0 Å². The second kappa shape index (κ2) is 3.85. The largest absolute Gasteiger partial charge is 0.327 e. The van der Waals surface area contributed by atoms with Gasteiger partial charge in [0.25, 0.3) is 0 Å². The Balaban J connectivity index is 2.49. The highest BCUT2D eigenvalue weighted by Gasteiger charge is 2.08. The van der Waals surface area contributed by atoms with E-state index in [0.717, 1.165) is 11.5 Å². The first-order valence-electron chi connectivity index (χ1n) is 5.13. The first kappa shape index (κ1) is 9.91. The van der Waals surface area contributed by atoms with Crippen molar-refractivity contribution in [1.29, 1.82) is 0 Å². The Hall–Kier alpha value is -1.63. The molecule has 0 amide bonds. The third-order valence-corrected chi connectivity index (χ3v) is 2.42. The van der Waals surface area contributed by atoms with Gasteiger partial charge in [0.15, 0.2) is 0 Å². The van der Waals surface area contributed by atoms with Gasteiger partial charge in [-0.2, -0.15) is 0 Å². The molecule has 76 valence electrons. The summed E-state index contributed by atoms with van der Waals surface area (Å²) in [5, 5.41) is 0. The fourth-order valence-electron chi connectivity index (χ4n) is 1.71. The second-order valence-corrected chi connectivity index (χ2v) is 3.93. The normalized spacial score (nSPS) is 10.3.